The second-order valence-electron chi connectivity index (χ2n) is 1.58. The Morgan fingerprint density at radius 3 is 2.00 bits per heavy atom. The Kier molecular flexibility index (Phi) is 4.38. The average Bonchev–Trinajstić information content (AvgIpc) is 2.08. The van der Waals surface area contributed by atoms with Crippen LogP contribution in [0.15, 0.2) is 23.6 Å². The lowest BCUT2D eigenvalue weighted by atomic mass is 10.7. The number of nitrogens with zero attached hydrogens (tertiary/aromatic N) is 2. The van der Waals surface area contributed by atoms with E-state index >= 15 is 0 Å². The first kappa shape index (κ1) is 11.0. The molecule has 0 aliphatic carbocycles. The molecule has 0 radical (unpaired) electrons. The second kappa shape index (κ2) is 4.78. The highest BCUT2D eigenvalue weighted by Gasteiger charge is 2.08. The summed E-state index contributed by atoms with van der Waals surface area (Å²) in [5, 5.41) is 4.35. The van der Waals surface area contributed by atoms with Crippen LogP contribution in [0, 0.1) is 0 Å². The maximum atomic E-state index is 10.5. The highest BCUT2D eigenvalue weighted by atomic mass is 32.2. The quantitative estimate of drug-likeness (QED) is 0.651. The van der Waals surface area contributed by atoms with Crippen molar-refractivity contribution in [3.63, 3.8) is 0 Å². The van der Waals surface area contributed by atoms with Crippen molar-refractivity contribution >= 4 is 10.0 Å². The van der Waals surface area contributed by atoms with Gasteiger partial charge in [0, 0.05) is 13.8 Å². The normalized spacial score (nSPS) is 9.92. The van der Waals surface area contributed by atoms with E-state index < -0.39 is 10.0 Å². The molecule has 1 rings (SSSR count). The van der Waals surface area contributed by atoms with Gasteiger partial charge in [0.25, 0.3) is 15.2 Å². The summed E-state index contributed by atoms with van der Waals surface area (Å²) < 4.78 is 21.0. The van der Waals surface area contributed by atoms with Gasteiger partial charge in [-0.2, -0.15) is 0 Å². The molecule has 6 heteroatoms. The van der Waals surface area contributed by atoms with Crippen LogP contribution >= 0.6 is 0 Å². The van der Waals surface area contributed by atoms with Crippen molar-refractivity contribution in [3.8, 4) is 0 Å². The third kappa shape index (κ3) is 3.40. The Balaban J connectivity index is 0. The molecule has 0 atom stereocenters. The molecule has 0 aliphatic heterocycles. The average molecular weight is 191 g/mol. The van der Waals surface area contributed by atoms with Crippen LogP contribution in [0.25, 0.3) is 0 Å². The van der Waals surface area contributed by atoms with E-state index in [0.29, 0.717) is 0 Å². The standard InChI is InChI=1S/C4H5N3O2S.C2H6.H2/c5-10(8,9)4-6-2-1-3-7-4;1-2;/h1-3H,(H2,5,8,9);1-2H3;1H. The molecule has 1 aromatic heterocycles. The summed E-state index contributed by atoms with van der Waals surface area (Å²) in [6.07, 6.45) is 2.62. The lowest BCUT2D eigenvalue weighted by Crippen LogP contribution is -2.15. The Morgan fingerprint density at radius 1 is 1.33 bits per heavy atom. The summed E-state index contributed by atoms with van der Waals surface area (Å²) in [6.45, 7) is 4.00. The number of hydrogen-bond acceptors (Lipinski definition) is 4. The molecule has 0 aliphatic rings. The van der Waals surface area contributed by atoms with Crippen molar-refractivity contribution in [2.75, 3.05) is 0 Å². The molecule has 5 nitrogen and oxygen atoms in total. The van der Waals surface area contributed by atoms with Crippen molar-refractivity contribution in [2.24, 2.45) is 5.14 Å². The minimum Gasteiger partial charge on any atom is -0.226 e. The molecule has 1 aromatic rings. The van der Waals surface area contributed by atoms with Gasteiger partial charge in [-0.3, -0.25) is 0 Å². The Hall–Kier alpha value is -1.01. The largest absolute Gasteiger partial charge is 0.273 e. The molecule has 0 fully saturated rings. The van der Waals surface area contributed by atoms with Gasteiger partial charge < -0.3 is 0 Å². The Morgan fingerprint density at radius 2 is 1.75 bits per heavy atom. The summed E-state index contributed by atoms with van der Waals surface area (Å²) in [6, 6.07) is 1.51. The highest BCUT2D eigenvalue weighted by molar-refractivity contribution is 7.89. The molecule has 0 spiro atoms. The van der Waals surface area contributed by atoms with Crippen molar-refractivity contribution in [1.82, 2.24) is 9.97 Å². The van der Waals surface area contributed by atoms with Gasteiger partial charge in [0.2, 0.25) is 0 Å². The molecular formula is C6H13N3O2S. The topological polar surface area (TPSA) is 85.9 Å². The predicted molar refractivity (Wildman–Crippen MR) is 46.9 cm³/mol. The van der Waals surface area contributed by atoms with Gasteiger partial charge in [-0.05, 0) is 6.07 Å². The lowest BCUT2D eigenvalue weighted by molar-refractivity contribution is 0.588. The van der Waals surface area contributed by atoms with E-state index in [4.69, 9.17) is 5.14 Å². The summed E-state index contributed by atoms with van der Waals surface area (Å²) in [5.41, 5.74) is 0. The van der Waals surface area contributed by atoms with Crippen molar-refractivity contribution in [1.29, 1.82) is 0 Å². The number of nitrogens with two attached hydrogens (primary N) is 1. The van der Waals surface area contributed by atoms with Crippen LogP contribution in [-0.4, -0.2) is 18.4 Å². The predicted octanol–water partition coefficient (Wildman–Crippen LogP) is 0.396. The van der Waals surface area contributed by atoms with E-state index in [9.17, 15) is 8.42 Å². The fraction of sp³-hybridized carbons (Fsp3) is 0.333. The van der Waals surface area contributed by atoms with Crippen LogP contribution in [0.2, 0.25) is 0 Å². The van der Waals surface area contributed by atoms with Crippen LogP contribution in [0.4, 0.5) is 0 Å². The smallest absolute Gasteiger partial charge is 0.226 e. The fourth-order valence-electron chi connectivity index (χ4n) is 0.432. The molecule has 0 aromatic carbocycles. The molecule has 0 bridgehead atoms. The maximum absolute atomic E-state index is 10.5. The summed E-state index contributed by atoms with van der Waals surface area (Å²) in [4.78, 5) is 6.85. The van der Waals surface area contributed by atoms with Crippen molar-refractivity contribution < 1.29 is 9.84 Å². The monoisotopic (exact) mass is 191 g/mol. The minimum atomic E-state index is -3.73. The summed E-state index contributed by atoms with van der Waals surface area (Å²) in [5.74, 6) is 0. The van der Waals surface area contributed by atoms with E-state index in [0.717, 1.165) is 0 Å². The number of sulfonamides is 1. The molecule has 70 valence electrons. The molecule has 0 saturated heterocycles. The number of rotatable bonds is 1. The molecule has 0 amide bonds. The highest BCUT2D eigenvalue weighted by Crippen LogP contribution is 1.92. The van der Waals surface area contributed by atoms with Gasteiger partial charge in [0.05, 0.1) is 0 Å². The molecule has 0 unspecified atom stereocenters. The first-order chi connectivity index (χ1) is 5.61. The zero-order chi connectivity index (χ0) is 9.61. The van der Waals surface area contributed by atoms with Crippen LogP contribution in [0.5, 0.6) is 0 Å². The molecule has 0 saturated carbocycles. The third-order valence-corrected chi connectivity index (χ3v) is 1.52. The van der Waals surface area contributed by atoms with E-state index in [1.807, 2.05) is 13.8 Å². The second-order valence-corrected chi connectivity index (χ2v) is 3.03. The minimum absolute atomic E-state index is 0. The molecule has 1 heterocycles. The van der Waals surface area contributed by atoms with Gasteiger partial charge in [-0.25, -0.2) is 23.5 Å². The first-order valence-corrected chi connectivity index (χ1v) is 4.95. The third-order valence-electron chi connectivity index (χ3n) is 0.797. The zero-order valence-electron chi connectivity index (χ0n) is 6.93. The van der Waals surface area contributed by atoms with Crippen LogP contribution in [0.1, 0.15) is 15.3 Å². The van der Waals surface area contributed by atoms with Gasteiger partial charge in [-0.1, -0.05) is 13.8 Å². The van der Waals surface area contributed by atoms with Gasteiger partial charge in [0.15, 0.2) is 0 Å². The van der Waals surface area contributed by atoms with Gasteiger partial charge >= 0.3 is 0 Å². The van der Waals surface area contributed by atoms with Gasteiger partial charge in [-0.15, -0.1) is 0 Å². The van der Waals surface area contributed by atoms with Crippen LogP contribution in [-0.2, 0) is 10.0 Å². The molecule has 12 heavy (non-hydrogen) atoms. The SMILES string of the molecule is CC.NS(=O)(=O)c1ncccn1.[HH]. The van der Waals surface area contributed by atoms with Crippen LogP contribution < -0.4 is 5.14 Å². The maximum Gasteiger partial charge on any atom is 0.273 e. The molecule has 2 N–H and O–H groups in total. The van der Waals surface area contributed by atoms with E-state index in [2.05, 4.69) is 9.97 Å². The van der Waals surface area contributed by atoms with Crippen LogP contribution in [0.3, 0.4) is 0 Å². The number of hydrogen-bond donors (Lipinski definition) is 1. The molecular weight excluding hydrogens is 178 g/mol. The first-order valence-electron chi connectivity index (χ1n) is 3.40. The Bertz CT molecular complexity index is 314. The summed E-state index contributed by atoms with van der Waals surface area (Å²) in [7, 11) is -3.73. The number of aromatic nitrogens is 2. The number of primary sulfonamides is 1. The Labute approximate surface area is 73.2 Å². The fourth-order valence-corrected chi connectivity index (χ4v) is 0.848. The van der Waals surface area contributed by atoms with E-state index in [-0.39, 0.29) is 6.58 Å². The van der Waals surface area contributed by atoms with Gasteiger partial charge in [0.1, 0.15) is 0 Å². The van der Waals surface area contributed by atoms with Crippen molar-refractivity contribution in [2.45, 2.75) is 19.0 Å². The van der Waals surface area contributed by atoms with E-state index in [1.54, 1.807) is 0 Å². The van der Waals surface area contributed by atoms with Crippen molar-refractivity contribution in [3.05, 3.63) is 18.5 Å². The zero-order valence-corrected chi connectivity index (χ0v) is 7.75. The van der Waals surface area contributed by atoms with E-state index in [1.165, 1.54) is 18.5 Å². The lowest BCUT2D eigenvalue weighted by Gasteiger charge is -1.91. The summed E-state index contributed by atoms with van der Waals surface area (Å²) >= 11 is 0.